The Morgan fingerprint density at radius 2 is 2.07 bits per heavy atom. The minimum absolute atomic E-state index is 0.447. The van der Waals surface area contributed by atoms with Gasteiger partial charge < -0.3 is 4.98 Å². The number of rotatable bonds is 2. The molecular weight excluding hydrogens is 205 g/mol. The smallest absolute Gasteiger partial charge is 0.306 e. The molecule has 0 aliphatic carbocycles. The van der Waals surface area contributed by atoms with Gasteiger partial charge in [0.15, 0.2) is 0 Å². The third kappa shape index (κ3) is 1.93. The van der Waals surface area contributed by atoms with Gasteiger partial charge in [0.05, 0.1) is 0 Å². The van der Waals surface area contributed by atoms with Crippen molar-refractivity contribution in [2.75, 3.05) is 0 Å². The molecule has 0 spiro atoms. The molecule has 1 N–H and O–H groups in total. The molecule has 5 heteroatoms. The minimum Gasteiger partial charge on any atom is -0.361 e. The lowest BCUT2D eigenvalue weighted by Gasteiger charge is -1.97. The quantitative estimate of drug-likeness (QED) is 0.775. The predicted molar refractivity (Wildman–Crippen MR) is 52.0 cm³/mol. The lowest BCUT2D eigenvalue weighted by atomic mass is 10.2. The molecule has 2 rings (SSSR count). The van der Waals surface area contributed by atoms with Crippen molar-refractivity contribution in [2.45, 2.75) is 5.75 Å². The number of hydrogen-bond acceptors (Lipinski definition) is 2. The van der Waals surface area contributed by atoms with Crippen LogP contribution in [0.2, 0.25) is 0 Å². The summed E-state index contributed by atoms with van der Waals surface area (Å²) in [4.78, 5) is 2.93. The molecule has 0 aliphatic heterocycles. The van der Waals surface area contributed by atoms with Gasteiger partial charge in [-0.15, -0.1) is 3.89 Å². The normalized spacial score (nSPS) is 12.1. The molecule has 0 saturated heterocycles. The van der Waals surface area contributed by atoms with Crippen molar-refractivity contribution in [1.29, 1.82) is 0 Å². The second-order valence-electron chi connectivity index (χ2n) is 3.08. The highest BCUT2D eigenvalue weighted by Crippen LogP contribution is 2.16. The van der Waals surface area contributed by atoms with Crippen LogP contribution in [-0.4, -0.2) is 13.4 Å². The number of halogens is 1. The van der Waals surface area contributed by atoms with Gasteiger partial charge in [-0.25, -0.2) is 0 Å². The summed E-state index contributed by atoms with van der Waals surface area (Å²) >= 11 is 0. The van der Waals surface area contributed by atoms with Crippen molar-refractivity contribution < 1.29 is 12.3 Å². The van der Waals surface area contributed by atoms with Crippen LogP contribution in [0.5, 0.6) is 0 Å². The number of aromatic nitrogens is 1. The van der Waals surface area contributed by atoms with Crippen molar-refractivity contribution in [3.63, 3.8) is 0 Å². The molecule has 1 aromatic carbocycles. The van der Waals surface area contributed by atoms with Gasteiger partial charge in [0.2, 0.25) is 0 Å². The van der Waals surface area contributed by atoms with Crippen LogP contribution in [0.4, 0.5) is 3.89 Å². The second kappa shape index (κ2) is 3.09. The van der Waals surface area contributed by atoms with Crippen LogP contribution < -0.4 is 0 Å². The van der Waals surface area contributed by atoms with Gasteiger partial charge in [-0.2, -0.15) is 8.42 Å². The Bertz CT molecular complexity index is 559. The van der Waals surface area contributed by atoms with Crippen molar-refractivity contribution in [1.82, 2.24) is 4.98 Å². The Morgan fingerprint density at radius 1 is 1.29 bits per heavy atom. The van der Waals surface area contributed by atoms with Gasteiger partial charge in [0.25, 0.3) is 0 Å². The van der Waals surface area contributed by atoms with E-state index in [2.05, 4.69) is 4.98 Å². The topological polar surface area (TPSA) is 49.9 Å². The van der Waals surface area contributed by atoms with E-state index < -0.39 is 16.0 Å². The summed E-state index contributed by atoms with van der Waals surface area (Å²) in [7, 11) is -4.44. The Morgan fingerprint density at radius 3 is 2.79 bits per heavy atom. The fourth-order valence-corrected chi connectivity index (χ4v) is 1.96. The second-order valence-corrected chi connectivity index (χ2v) is 4.45. The summed E-state index contributed by atoms with van der Waals surface area (Å²) in [5, 5.41) is 0.977. The number of benzene rings is 1. The van der Waals surface area contributed by atoms with Gasteiger partial charge in [-0.1, -0.05) is 12.1 Å². The molecular formula is C9H8FNO2S. The maximum atomic E-state index is 12.4. The average molecular weight is 213 g/mol. The Kier molecular flexibility index (Phi) is 2.03. The van der Waals surface area contributed by atoms with Gasteiger partial charge in [-0.05, 0) is 23.1 Å². The highest BCUT2D eigenvalue weighted by Gasteiger charge is 2.09. The van der Waals surface area contributed by atoms with Crippen LogP contribution in [0, 0.1) is 0 Å². The summed E-state index contributed by atoms with van der Waals surface area (Å²) in [6, 6.07) is 6.86. The number of nitrogens with one attached hydrogen (secondary N) is 1. The van der Waals surface area contributed by atoms with Crippen LogP contribution in [0.1, 0.15) is 5.56 Å². The monoisotopic (exact) mass is 213 g/mol. The maximum absolute atomic E-state index is 12.4. The van der Waals surface area contributed by atoms with E-state index in [1.165, 1.54) is 0 Å². The number of hydrogen-bond donors (Lipinski definition) is 1. The molecule has 2 aromatic rings. The average Bonchev–Trinajstić information content (AvgIpc) is 2.47. The molecule has 3 nitrogen and oxygen atoms in total. The van der Waals surface area contributed by atoms with Crippen LogP contribution in [0.25, 0.3) is 10.9 Å². The predicted octanol–water partition coefficient (Wildman–Crippen LogP) is 1.97. The van der Waals surface area contributed by atoms with Crippen molar-refractivity contribution in [3.05, 3.63) is 36.0 Å². The van der Waals surface area contributed by atoms with E-state index in [1.807, 2.05) is 6.07 Å². The first-order valence-electron chi connectivity index (χ1n) is 4.03. The van der Waals surface area contributed by atoms with Crippen LogP contribution in [0.3, 0.4) is 0 Å². The molecule has 14 heavy (non-hydrogen) atoms. The summed E-state index contributed by atoms with van der Waals surface area (Å²) in [5.74, 6) is -0.567. The molecule has 0 aliphatic rings. The van der Waals surface area contributed by atoms with E-state index >= 15 is 0 Å². The fourth-order valence-electron chi connectivity index (χ4n) is 1.38. The van der Waals surface area contributed by atoms with E-state index in [9.17, 15) is 12.3 Å². The highest BCUT2D eigenvalue weighted by molar-refractivity contribution is 7.85. The lowest BCUT2D eigenvalue weighted by molar-refractivity contribution is 0.551. The summed E-state index contributed by atoms with van der Waals surface area (Å²) in [6.45, 7) is 0. The van der Waals surface area contributed by atoms with Gasteiger partial charge in [0, 0.05) is 11.7 Å². The van der Waals surface area contributed by atoms with Crippen molar-refractivity contribution in [2.24, 2.45) is 0 Å². The zero-order valence-corrected chi connectivity index (χ0v) is 8.01. The molecule has 0 saturated carbocycles. The molecule has 0 fully saturated rings. The van der Waals surface area contributed by atoms with Crippen LogP contribution >= 0.6 is 0 Å². The van der Waals surface area contributed by atoms with Gasteiger partial charge in [0.1, 0.15) is 5.75 Å². The third-order valence-corrected chi connectivity index (χ3v) is 2.64. The van der Waals surface area contributed by atoms with E-state index in [-0.39, 0.29) is 0 Å². The minimum atomic E-state index is -4.44. The maximum Gasteiger partial charge on any atom is 0.306 e. The molecule has 1 heterocycles. The third-order valence-electron chi connectivity index (χ3n) is 1.96. The molecule has 0 radical (unpaired) electrons. The standard InChI is InChI=1S/C9H8FNO2S/c10-14(12,13)6-7-1-2-8-3-4-11-9(8)5-7/h1-5,11H,6H2. The van der Waals surface area contributed by atoms with E-state index in [1.54, 1.807) is 24.4 Å². The Labute approximate surface area is 80.8 Å². The lowest BCUT2D eigenvalue weighted by Crippen LogP contribution is -1.95. The first kappa shape index (κ1) is 9.21. The van der Waals surface area contributed by atoms with E-state index in [4.69, 9.17) is 0 Å². The van der Waals surface area contributed by atoms with Crippen molar-refractivity contribution >= 4 is 21.1 Å². The van der Waals surface area contributed by atoms with Crippen LogP contribution in [-0.2, 0) is 16.0 Å². The molecule has 1 aromatic heterocycles. The first-order valence-corrected chi connectivity index (χ1v) is 5.58. The summed E-state index contributed by atoms with van der Waals surface area (Å²) in [6.07, 6.45) is 1.75. The fraction of sp³-hybridized carbons (Fsp3) is 0.111. The molecule has 0 atom stereocenters. The summed E-state index contributed by atoms with van der Waals surface area (Å²) in [5.41, 5.74) is 1.26. The molecule has 0 amide bonds. The number of H-pyrrole nitrogens is 1. The van der Waals surface area contributed by atoms with Gasteiger partial charge >= 0.3 is 10.2 Å². The Balaban J connectivity index is 2.44. The molecule has 74 valence electrons. The number of fused-ring (bicyclic) bond motifs is 1. The van der Waals surface area contributed by atoms with Gasteiger partial charge in [-0.3, -0.25) is 0 Å². The van der Waals surface area contributed by atoms with Crippen molar-refractivity contribution in [3.8, 4) is 0 Å². The highest BCUT2D eigenvalue weighted by atomic mass is 32.3. The van der Waals surface area contributed by atoms with E-state index in [0.29, 0.717) is 5.56 Å². The first-order chi connectivity index (χ1) is 6.54. The SMILES string of the molecule is O=S(=O)(F)Cc1ccc2cc[nH]c2c1. The Hall–Kier alpha value is -1.36. The molecule has 0 unspecified atom stereocenters. The van der Waals surface area contributed by atoms with Crippen LogP contribution in [0.15, 0.2) is 30.5 Å². The van der Waals surface area contributed by atoms with E-state index in [0.717, 1.165) is 10.9 Å². The summed E-state index contributed by atoms with van der Waals surface area (Å²) < 4.78 is 33.2. The zero-order valence-electron chi connectivity index (χ0n) is 7.20. The molecule has 0 bridgehead atoms. The largest absolute Gasteiger partial charge is 0.361 e. The zero-order chi connectivity index (χ0) is 10.2. The number of aromatic amines is 1.